The first-order chi connectivity index (χ1) is 9.63. The first kappa shape index (κ1) is 18.3. The number of hydrogen-bond donors (Lipinski definition) is 6. The highest BCUT2D eigenvalue weighted by atomic mass is 16.4. The summed E-state index contributed by atoms with van der Waals surface area (Å²) in [6, 6.07) is -2.85. The van der Waals surface area contributed by atoms with Gasteiger partial charge < -0.3 is 32.3 Å². The Hall–Kier alpha value is -2.69. The summed E-state index contributed by atoms with van der Waals surface area (Å²) in [5, 5.41) is 21.2. The largest absolute Gasteiger partial charge is 0.481 e. The Morgan fingerprint density at radius 1 is 1.05 bits per heavy atom. The second kappa shape index (κ2) is 8.47. The van der Waals surface area contributed by atoms with Gasteiger partial charge in [-0.2, -0.15) is 0 Å². The Morgan fingerprint density at radius 2 is 1.62 bits per heavy atom. The van der Waals surface area contributed by atoms with Crippen LogP contribution in [0.2, 0.25) is 0 Å². The minimum Gasteiger partial charge on any atom is -0.481 e. The van der Waals surface area contributed by atoms with Gasteiger partial charge in [0.15, 0.2) is 0 Å². The van der Waals surface area contributed by atoms with E-state index in [4.69, 9.17) is 21.7 Å². The number of carboxylic acids is 2. The monoisotopic (exact) mass is 304 g/mol. The van der Waals surface area contributed by atoms with E-state index in [-0.39, 0.29) is 0 Å². The molecule has 0 aromatic heterocycles. The van der Waals surface area contributed by atoms with Crippen molar-refractivity contribution in [3.8, 4) is 0 Å². The van der Waals surface area contributed by atoms with Gasteiger partial charge in [-0.3, -0.25) is 19.2 Å². The smallest absolute Gasteiger partial charge is 0.326 e. The maximum Gasteiger partial charge on any atom is 0.326 e. The van der Waals surface area contributed by atoms with E-state index in [1.54, 1.807) is 0 Å². The topological polar surface area (TPSA) is 202 Å². The van der Waals surface area contributed by atoms with Gasteiger partial charge in [0.05, 0.1) is 25.4 Å². The van der Waals surface area contributed by atoms with E-state index in [0.717, 1.165) is 0 Å². The van der Waals surface area contributed by atoms with Gasteiger partial charge in [-0.25, -0.2) is 4.79 Å². The molecule has 11 nitrogen and oxygen atoms in total. The van der Waals surface area contributed by atoms with Crippen molar-refractivity contribution in [2.24, 2.45) is 11.5 Å². The predicted molar refractivity (Wildman–Crippen MR) is 66.6 cm³/mol. The highest BCUT2D eigenvalue weighted by molar-refractivity contribution is 5.92. The van der Waals surface area contributed by atoms with Crippen LogP contribution in [-0.2, 0) is 24.0 Å². The minimum absolute atomic E-state index is 0.604. The minimum atomic E-state index is -1.51. The maximum absolute atomic E-state index is 11.4. The number of carbonyl (C=O) groups excluding carboxylic acids is 3. The fourth-order valence-corrected chi connectivity index (χ4v) is 1.23. The van der Waals surface area contributed by atoms with E-state index in [2.05, 4.69) is 0 Å². The fourth-order valence-electron chi connectivity index (χ4n) is 1.23. The predicted octanol–water partition coefficient (Wildman–Crippen LogP) is -3.65. The molecule has 0 aliphatic rings. The Kier molecular flexibility index (Phi) is 7.39. The van der Waals surface area contributed by atoms with Gasteiger partial charge in [0.1, 0.15) is 6.04 Å². The van der Waals surface area contributed by atoms with Crippen LogP contribution in [0.3, 0.4) is 0 Å². The van der Waals surface area contributed by atoms with Gasteiger partial charge in [-0.05, 0) is 0 Å². The van der Waals surface area contributed by atoms with Gasteiger partial charge in [0, 0.05) is 0 Å². The van der Waals surface area contributed by atoms with Crippen LogP contribution >= 0.6 is 0 Å². The SMILES string of the molecule is NC(=O)CC(NC(=O)CNC(=O)C(N)CC(=O)O)C(=O)O. The molecular formula is C10H16N4O7. The standard InChI is InChI=1S/C10H16N4O7/c11-4(1-8(17)18)9(19)13-3-7(16)14-5(10(20)21)2-6(12)15/h4-5H,1-3,11H2,(H2,12,15)(H,13,19)(H,14,16)(H,17,18)(H,20,21). The van der Waals surface area contributed by atoms with Crippen LogP contribution < -0.4 is 22.1 Å². The lowest BCUT2D eigenvalue weighted by Crippen LogP contribution is -2.49. The van der Waals surface area contributed by atoms with Gasteiger partial charge in [0.2, 0.25) is 17.7 Å². The third-order valence-electron chi connectivity index (χ3n) is 2.19. The van der Waals surface area contributed by atoms with Crippen molar-refractivity contribution in [1.82, 2.24) is 10.6 Å². The van der Waals surface area contributed by atoms with E-state index in [0.29, 0.717) is 0 Å². The van der Waals surface area contributed by atoms with E-state index in [1.165, 1.54) is 0 Å². The molecule has 0 radical (unpaired) electrons. The summed E-state index contributed by atoms with van der Waals surface area (Å²) in [6.45, 7) is -0.616. The summed E-state index contributed by atoms with van der Waals surface area (Å²) < 4.78 is 0. The summed E-state index contributed by atoms with van der Waals surface area (Å²) in [7, 11) is 0. The average Bonchev–Trinajstić information content (AvgIpc) is 2.33. The molecule has 0 fully saturated rings. The highest BCUT2D eigenvalue weighted by Gasteiger charge is 2.23. The number of carboxylic acid groups (broad SMARTS) is 2. The molecule has 21 heavy (non-hydrogen) atoms. The lowest BCUT2D eigenvalue weighted by atomic mass is 10.2. The van der Waals surface area contributed by atoms with Crippen LogP contribution in [-0.4, -0.2) is 58.5 Å². The second-order valence-electron chi connectivity index (χ2n) is 4.05. The van der Waals surface area contributed by atoms with Crippen molar-refractivity contribution >= 4 is 29.7 Å². The van der Waals surface area contributed by atoms with Crippen molar-refractivity contribution < 1.29 is 34.2 Å². The van der Waals surface area contributed by atoms with E-state index in [1.807, 2.05) is 10.6 Å². The molecule has 2 atom stereocenters. The molecule has 0 aliphatic carbocycles. The van der Waals surface area contributed by atoms with E-state index < -0.39 is 61.1 Å². The number of nitrogens with two attached hydrogens (primary N) is 2. The zero-order valence-corrected chi connectivity index (χ0v) is 10.9. The molecule has 0 spiro atoms. The molecule has 0 aromatic carbocycles. The zero-order valence-electron chi connectivity index (χ0n) is 10.9. The molecule has 3 amide bonds. The van der Waals surface area contributed by atoms with Crippen molar-refractivity contribution in [3.05, 3.63) is 0 Å². The normalized spacial score (nSPS) is 12.8. The molecule has 0 aromatic rings. The number of hydrogen-bond acceptors (Lipinski definition) is 6. The number of carbonyl (C=O) groups is 5. The molecule has 0 bridgehead atoms. The molecule has 8 N–H and O–H groups in total. The molecule has 11 heteroatoms. The van der Waals surface area contributed by atoms with Crippen molar-refractivity contribution in [3.63, 3.8) is 0 Å². The Morgan fingerprint density at radius 3 is 2.05 bits per heavy atom. The van der Waals surface area contributed by atoms with Gasteiger partial charge in [-0.1, -0.05) is 0 Å². The molecule has 0 saturated carbocycles. The lowest BCUT2D eigenvalue weighted by molar-refractivity contribution is -0.143. The molecule has 0 rings (SSSR count). The summed E-state index contributed by atoms with van der Waals surface area (Å²) in [4.78, 5) is 54.4. The molecule has 0 saturated heterocycles. The highest BCUT2D eigenvalue weighted by Crippen LogP contribution is 1.92. The molecular weight excluding hydrogens is 288 g/mol. The third-order valence-corrected chi connectivity index (χ3v) is 2.19. The number of primary amides is 1. The third kappa shape index (κ3) is 8.15. The quantitative estimate of drug-likeness (QED) is 0.250. The second-order valence-corrected chi connectivity index (χ2v) is 4.05. The van der Waals surface area contributed by atoms with Crippen molar-refractivity contribution in [2.45, 2.75) is 24.9 Å². The summed E-state index contributed by atoms with van der Waals surface area (Å²) >= 11 is 0. The van der Waals surface area contributed by atoms with Crippen LogP contribution in [0.5, 0.6) is 0 Å². The van der Waals surface area contributed by atoms with Crippen LogP contribution in [0, 0.1) is 0 Å². The van der Waals surface area contributed by atoms with E-state index >= 15 is 0 Å². The summed E-state index contributed by atoms with van der Waals surface area (Å²) in [5.74, 6) is -5.44. The number of rotatable bonds is 9. The molecule has 2 unspecified atom stereocenters. The molecule has 118 valence electrons. The molecule has 0 heterocycles. The average molecular weight is 304 g/mol. The van der Waals surface area contributed by atoms with Gasteiger partial charge in [-0.15, -0.1) is 0 Å². The first-order valence-corrected chi connectivity index (χ1v) is 5.69. The number of nitrogens with one attached hydrogen (secondary N) is 2. The van der Waals surface area contributed by atoms with Crippen LogP contribution in [0.1, 0.15) is 12.8 Å². The Labute approximate surface area is 118 Å². The van der Waals surface area contributed by atoms with Gasteiger partial charge in [0.25, 0.3) is 0 Å². The van der Waals surface area contributed by atoms with Crippen molar-refractivity contribution in [1.29, 1.82) is 0 Å². The van der Waals surface area contributed by atoms with Crippen molar-refractivity contribution in [2.75, 3.05) is 6.54 Å². The Bertz CT molecular complexity index is 451. The molecule has 0 aliphatic heterocycles. The van der Waals surface area contributed by atoms with Gasteiger partial charge >= 0.3 is 11.9 Å². The maximum atomic E-state index is 11.4. The zero-order chi connectivity index (χ0) is 16.6. The lowest BCUT2D eigenvalue weighted by Gasteiger charge is -2.14. The number of amides is 3. The Balaban J connectivity index is 4.30. The van der Waals surface area contributed by atoms with Crippen LogP contribution in [0.25, 0.3) is 0 Å². The van der Waals surface area contributed by atoms with E-state index in [9.17, 15) is 24.0 Å². The van der Waals surface area contributed by atoms with Crippen LogP contribution in [0.15, 0.2) is 0 Å². The summed E-state index contributed by atoms with van der Waals surface area (Å²) in [6.07, 6.45) is -1.22. The first-order valence-electron chi connectivity index (χ1n) is 5.69. The van der Waals surface area contributed by atoms with Crippen LogP contribution in [0.4, 0.5) is 0 Å². The number of aliphatic carboxylic acids is 2. The summed E-state index contributed by atoms with van der Waals surface area (Å²) in [5.41, 5.74) is 10.1. The fraction of sp³-hybridized carbons (Fsp3) is 0.500.